The predicted octanol–water partition coefficient (Wildman–Crippen LogP) is 1.61. The second-order valence-corrected chi connectivity index (χ2v) is 3.71. The van der Waals surface area contributed by atoms with Crippen molar-refractivity contribution in [3.8, 4) is 0 Å². The molecule has 0 amide bonds. The number of aromatic nitrogens is 1. The molecule has 2 N–H and O–H groups in total. The first kappa shape index (κ1) is 10.2. The van der Waals surface area contributed by atoms with Crippen molar-refractivity contribution >= 4 is 22.5 Å². The predicted molar refractivity (Wildman–Crippen MR) is 62.3 cm³/mol. The number of halogens is 1. The lowest BCUT2D eigenvalue weighted by molar-refractivity contribution is 0.728. The SMILES string of the molecule is NCCn1ccc(=O)c2cccc(Cl)c21. The van der Waals surface area contributed by atoms with Gasteiger partial charge in [-0.25, -0.2) is 0 Å². The molecule has 0 atom stereocenters. The first-order valence-corrected chi connectivity index (χ1v) is 5.09. The molecule has 0 aliphatic carbocycles. The molecule has 0 radical (unpaired) electrons. The maximum atomic E-state index is 11.6. The average Bonchev–Trinajstić information content (AvgIpc) is 2.23. The normalized spacial score (nSPS) is 10.8. The summed E-state index contributed by atoms with van der Waals surface area (Å²) >= 11 is 6.07. The van der Waals surface area contributed by atoms with Gasteiger partial charge < -0.3 is 10.3 Å². The molecule has 4 heteroatoms. The quantitative estimate of drug-likeness (QED) is 0.840. The molecule has 0 saturated carbocycles. The molecule has 3 nitrogen and oxygen atoms in total. The maximum absolute atomic E-state index is 11.6. The number of nitrogens with two attached hydrogens (primary N) is 1. The van der Waals surface area contributed by atoms with Crippen molar-refractivity contribution in [2.75, 3.05) is 6.54 Å². The molecule has 0 bridgehead atoms. The average molecular weight is 223 g/mol. The van der Waals surface area contributed by atoms with Gasteiger partial charge in [-0.3, -0.25) is 4.79 Å². The van der Waals surface area contributed by atoms with Crippen LogP contribution < -0.4 is 11.2 Å². The van der Waals surface area contributed by atoms with E-state index >= 15 is 0 Å². The molecule has 0 saturated heterocycles. The van der Waals surface area contributed by atoms with E-state index in [1.165, 1.54) is 6.07 Å². The first-order valence-electron chi connectivity index (χ1n) is 4.72. The van der Waals surface area contributed by atoms with Crippen molar-refractivity contribution < 1.29 is 0 Å². The minimum Gasteiger partial charge on any atom is -0.345 e. The Labute approximate surface area is 92.1 Å². The second-order valence-electron chi connectivity index (χ2n) is 3.30. The smallest absolute Gasteiger partial charge is 0.189 e. The fourth-order valence-electron chi connectivity index (χ4n) is 1.65. The Morgan fingerprint density at radius 3 is 2.87 bits per heavy atom. The largest absolute Gasteiger partial charge is 0.345 e. The fraction of sp³-hybridized carbons (Fsp3) is 0.182. The lowest BCUT2D eigenvalue weighted by Crippen LogP contribution is -2.14. The van der Waals surface area contributed by atoms with E-state index < -0.39 is 0 Å². The van der Waals surface area contributed by atoms with Gasteiger partial charge in [0.2, 0.25) is 0 Å². The molecule has 2 rings (SSSR count). The van der Waals surface area contributed by atoms with E-state index in [9.17, 15) is 4.79 Å². The molecule has 0 aliphatic heterocycles. The topological polar surface area (TPSA) is 48.0 Å². The van der Waals surface area contributed by atoms with E-state index in [0.717, 1.165) is 5.52 Å². The van der Waals surface area contributed by atoms with Crippen molar-refractivity contribution in [1.29, 1.82) is 0 Å². The highest BCUT2D eigenvalue weighted by Crippen LogP contribution is 2.20. The molecule has 1 heterocycles. The number of pyridine rings is 1. The summed E-state index contributed by atoms with van der Waals surface area (Å²) in [4.78, 5) is 11.6. The van der Waals surface area contributed by atoms with Crippen LogP contribution >= 0.6 is 11.6 Å². The summed E-state index contributed by atoms with van der Waals surface area (Å²) in [6.45, 7) is 1.17. The van der Waals surface area contributed by atoms with Crippen molar-refractivity contribution in [3.63, 3.8) is 0 Å². The van der Waals surface area contributed by atoms with Gasteiger partial charge >= 0.3 is 0 Å². The van der Waals surface area contributed by atoms with E-state index in [1.807, 2.05) is 4.57 Å². The third kappa shape index (κ3) is 1.76. The molecule has 0 aliphatic rings. The molecule has 1 aromatic heterocycles. The van der Waals surface area contributed by atoms with E-state index in [2.05, 4.69) is 0 Å². The van der Waals surface area contributed by atoms with Gasteiger partial charge in [-0.15, -0.1) is 0 Å². The summed E-state index contributed by atoms with van der Waals surface area (Å²) in [5, 5.41) is 1.22. The maximum Gasteiger partial charge on any atom is 0.189 e. The van der Waals surface area contributed by atoms with Crippen molar-refractivity contribution in [2.45, 2.75) is 6.54 Å². The Morgan fingerprint density at radius 2 is 2.13 bits per heavy atom. The van der Waals surface area contributed by atoms with Crippen LogP contribution in [0.1, 0.15) is 0 Å². The fourth-order valence-corrected chi connectivity index (χ4v) is 1.94. The van der Waals surface area contributed by atoms with Crippen molar-refractivity contribution in [2.24, 2.45) is 5.73 Å². The van der Waals surface area contributed by atoms with Gasteiger partial charge in [-0.1, -0.05) is 17.7 Å². The van der Waals surface area contributed by atoms with Crippen LogP contribution in [0.4, 0.5) is 0 Å². The highest BCUT2D eigenvalue weighted by molar-refractivity contribution is 6.35. The zero-order valence-corrected chi connectivity index (χ0v) is 8.87. The molecular formula is C11H11ClN2O. The highest BCUT2D eigenvalue weighted by Gasteiger charge is 2.05. The lowest BCUT2D eigenvalue weighted by atomic mass is 10.2. The number of hydrogen-bond donors (Lipinski definition) is 1. The van der Waals surface area contributed by atoms with Gasteiger partial charge in [0.15, 0.2) is 5.43 Å². The van der Waals surface area contributed by atoms with Crippen LogP contribution in [0.15, 0.2) is 35.3 Å². The minimum absolute atomic E-state index is 0.0132. The zero-order valence-electron chi connectivity index (χ0n) is 8.11. The van der Waals surface area contributed by atoms with Crippen LogP contribution in [0.5, 0.6) is 0 Å². The molecular weight excluding hydrogens is 212 g/mol. The van der Waals surface area contributed by atoms with Crippen LogP contribution in [0.3, 0.4) is 0 Å². The number of nitrogens with zero attached hydrogens (tertiary/aromatic N) is 1. The summed E-state index contributed by atoms with van der Waals surface area (Å²) in [5.74, 6) is 0. The summed E-state index contributed by atoms with van der Waals surface area (Å²) < 4.78 is 1.90. The highest BCUT2D eigenvalue weighted by atomic mass is 35.5. The third-order valence-electron chi connectivity index (χ3n) is 2.32. The van der Waals surface area contributed by atoms with Gasteiger partial charge in [0.05, 0.1) is 10.5 Å². The standard InChI is InChI=1S/C11H11ClN2O/c12-9-3-1-2-8-10(15)4-6-14(7-5-13)11(8)9/h1-4,6H,5,7,13H2. The monoisotopic (exact) mass is 222 g/mol. The van der Waals surface area contributed by atoms with Gasteiger partial charge in [0, 0.05) is 30.7 Å². The Bertz CT molecular complexity index is 548. The van der Waals surface area contributed by atoms with Crippen molar-refractivity contribution in [1.82, 2.24) is 4.57 Å². The summed E-state index contributed by atoms with van der Waals surface area (Å²) in [5.41, 5.74) is 6.25. The molecule has 0 unspecified atom stereocenters. The first-order chi connectivity index (χ1) is 7.24. The summed E-state index contributed by atoms with van der Waals surface area (Å²) in [6, 6.07) is 6.86. The van der Waals surface area contributed by atoms with Crippen LogP contribution in [0.25, 0.3) is 10.9 Å². The van der Waals surface area contributed by atoms with Crippen LogP contribution in [0.2, 0.25) is 5.02 Å². The molecule has 15 heavy (non-hydrogen) atoms. The van der Waals surface area contributed by atoms with Crippen LogP contribution in [-0.2, 0) is 6.54 Å². The van der Waals surface area contributed by atoms with E-state index in [4.69, 9.17) is 17.3 Å². The Morgan fingerprint density at radius 1 is 1.33 bits per heavy atom. The number of rotatable bonds is 2. The van der Waals surface area contributed by atoms with Crippen LogP contribution in [0, 0.1) is 0 Å². The number of para-hydroxylation sites is 1. The third-order valence-corrected chi connectivity index (χ3v) is 2.62. The van der Waals surface area contributed by atoms with Gasteiger partial charge in [0.1, 0.15) is 0 Å². The summed E-state index contributed by atoms with van der Waals surface area (Å²) in [6.07, 6.45) is 1.73. The van der Waals surface area contributed by atoms with Crippen molar-refractivity contribution in [3.05, 3.63) is 45.7 Å². The van der Waals surface area contributed by atoms with E-state index in [0.29, 0.717) is 23.5 Å². The molecule has 78 valence electrons. The molecule has 0 spiro atoms. The second kappa shape index (κ2) is 4.04. The van der Waals surface area contributed by atoms with E-state index in [-0.39, 0.29) is 5.43 Å². The van der Waals surface area contributed by atoms with Gasteiger partial charge in [-0.2, -0.15) is 0 Å². The molecule has 2 aromatic rings. The Hall–Kier alpha value is -1.32. The van der Waals surface area contributed by atoms with E-state index in [1.54, 1.807) is 24.4 Å². The van der Waals surface area contributed by atoms with Crippen LogP contribution in [-0.4, -0.2) is 11.1 Å². The minimum atomic E-state index is -0.0132. The number of benzene rings is 1. The summed E-state index contributed by atoms with van der Waals surface area (Å²) in [7, 11) is 0. The molecule has 1 aromatic carbocycles. The zero-order chi connectivity index (χ0) is 10.8. The van der Waals surface area contributed by atoms with Gasteiger partial charge in [-0.05, 0) is 12.1 Å². The Balaban J connectivity index is 2.84. The number of fused-ring (bicyclic) bond motifs is 1. The van der Waals surface area contributed by atoms with Gasteiger partial charge in [0.25, 0.3) is 0 Å². The number of hydrogen-bond acceptors (Lipinski definition) is 2. The lowest BCUT2D eigenvalue weighted by Gasteiger charge is -2.10. The Kier molecular flexibility index (Phi) is 2.75. The molecule has 0 fully saturated rings.